The number of ether oxygens (including phenoxy) is 1. The first kappa shape index (κ1) is 17.4. The number of benzene rings is 1. The van der Waals surface area contributed by atoms with E-state index in [1.165, 1.54) is 15.9 Å². The second-order valence-electron chi connectivity index (χ2n) is 5.34. The van der Waals surface area contributed by atoms with Crippen molar-refractivity contribution in [1.82, 2.24) is 30.4 Å². The van der Waals surface area contributed by atoms with Gasteiger partial charge >= 0.3 is 0 Å². The molecule has 9 nitrogen and oxygen atoms in total. The molecule has 0 spiro atoms. The maximum atomic E-state index is 12.0. The average molecular weight is 332 g/mol. The Morgan fingerprint density at radius 1 is 1.29 bits per heavy atom. The molecule has 0 saturated heterocycles. The van der Waals surface area contributed by atoms with Crippen molar-refractivity contribution in [3.05, 3.63) is 30.6 Å². The summed E-state index contributed by atoms with van der Waals surface area (Å²) in [6.07, 6.45) is 1.07. The number of amides is 2. The Labute approximate surface area is 139 Å². The number of hydrogen-bond acceptors (Lipinski definition) is 6. The number of nitrogens with one attached hydrogen (secondary N) is 1. The summed E-state index contributed by atoms with van der Waals surface area (Å²) in [6.45, 7) is 1.93. The van der Waals surface area contributed by atoms with Gasteiger partial charge in [-0.15, -0.1) is 5.10 Å². The van der Waals surface area contributed by atoms with Gasteiger partial charge in [0.05, 0.1) is 5.69 Å². The van der Waals surface area contributed by atoms with E-state index in [-0.39, 0.29) is 24.8 Å². The highest BCUT2D eigenvalue weighted by Gasteiger charge is 2.15. The second kappa shape index (κ2) is 8.04. The molecule has 128 valence electrons. The summed E-state index contributed by atoms with van der Waals surface area (Å²) >= 11 is 0. The van der Waals surface area contributed by atoms with E-state index in [0.717, 1.165) is 5.69 Å². The molecular weight excluding hydrogens is 312 g/mol. The monoisotopic (exact) mass is 332 g/mol. The van der Waals surface area contributed by atoms with Gasteiger partial charge in [-0.3, -0.25) is 9.59 Å². The molecule has 0 aliphatic carbocycles. The van der Waals surface area contributed by atoms with Gasteiger partial charge < -0.3 is 15.0 Å². The predicted molar refractivity (Wildman–Crippen MR) is 85.6 cm³/mol. The summed E-state index contributed by atoms with van der Waals surface area (Å²) in [5, 5.41) is 13.6. The van der Waals surface area contributed by atoms with Crippen LogP contribution in [-0.4, -0.2) is 63.7 Å². The number of hydrogen-bond donors (Lipinski definition) is 1. The Hall–Kier alpha value is -2.97. The highest BCUT2D eigenvalue weighted by Crippen LogP contribution is 2.15. The molecule has 1 atom stereocenters. The van der Waals surface area contributed by atoms with E-state index in [2.05, 4.69) is 20.8 Å². The molecule has 0 bridgehead atoms. The lowest BCUT2D eigenvalue weighted by molar-refractivity contribution is -0.129. The van der Waals surface area contributed by atoms with Crippen molar-refractivity contribution in [2.45, 2.75) is 19.4 Å². The van der Waals surface area contributed by atoms with Crippen LogP contribution in [0.2, 0.25) is 0 Å². The van der Waals surface area contributed by atoms with Crippen LogP contribution in [0.25, 0.3) is 5.69 Å². The van der Waals surface area contributed by atoms with Crippen LogP contribution in [0.15, 0.2) is 30.6 Å². The molecule has 0 radical (unpaired) electrons. The van der Waals surface area contributed by atoms with Crippen LogP contribution in [0.3, 0.4) is 0 Å². The van der Waals surface area contributed by atoms with Gasteiger partial charge in [0.25, 0.3) is 5.91 Å². The van der Waals surface area contributed by atoms with E-state index < -0.39 is 6.10 Å². The summed E-state index contributed by atoms with van der Waals surface area (Å²) in [6, 6.07) is 7.03. The van der Waals surface area contributed by atoms with Crippen LogP contribution < -0.4 is 10.1 Å². The van der Waals surface area contributed by atoms with Gasteiger partial charge in [0.2, 0.25) is 5.91 Å². The predicted octanol–water partition coefficient (Wildman–Crippen LogP) is 0.0241. The fraction of sp³-hybridized carbons (Fsp3) is 0.400. The first-order valence-corrected chi connectivity index (χ1v) is 7.45. The van der Waals surface area contributed by atoms with Crippen molar-refractivity contribution < 1.29 is 14.3 Å². The Morgan fingerprint density at radius 2 is 2.00 bits per heavy atom. The van der Waals surface area contributed by atoms with E-state index in [0.29, 0.717) is 5.75 Å². The van der Waals surface area contributed by atoms with Crippen molar-refractivity contribution in [3.63, 3.8) is 0 Å². The van der Waals surface area contributed by atoms with E-state index in [1.807, 2.05) is 0 Å². The maximum Gasteiger partial charge on any atom is 0.260 e. The largest absolute Gasteiger partial charge is 0.481 e. The van der Waals surface area contributed by atoms with Gasteiger partial charge in [0.1, 0.15) is 12.1 Å². The zero-order valence-corrected chi connectivity index (χ0v) is 13.8. The molecule has 2 amide bonds. The zero-order chi connectivity index (χ0) is 17.5. The Bertz CT molecular complexity index is 669. The fourth-order valence-electron chi connectivity index (χ4n) is 1.87. The minimum Gasteiger partial charge on any atom is -0.481 e. The van der Waals surface area contributed by atoms with Gasteiger partial charge in [-0.2, -0.15) is 0 Å². The van der Waals surface area contributed by atoms with Crippen molar-refractivity contribution in [2.24, 2.45) is 0 Å². The number of aromatic nitrogens is 4. The molecule has 0 unspecified atom stereocenters. The Balaban J connectivity index is 1.82. The first-order valence-electron chi connectivity index (χ1n) is 7.45. The van der Waals surface area contributed by atoms with Gasteiger partial charge in [-0.1, -0.05) is 0 Å². The molecule has 2 aromatic rings. The number of carbonyl (C=O) groups is 2. The molecule has 1 heterocycles. The molecule has 0 aliphatic heterocycles. The van der Waals surface area contributed by atoms with Crippen molar-refractivity contribution in [3.8, 4) is 11.4 Å². The van der Waals surface area contributed by atoms with Crippen LogP contribution in [0.5, 0.6) is 5.75 Å². The van der Waals surface area contributed by atoms with E-state index >= 15 is 0 Å². The molecule has 2 rings (SSSR count). The highest BCUT2D eigenvalue weighted by atomic mass is 16.5. The van der Waals surface area contributed by atoms with Crippen LogP contribution in [0, 0.1) is 0 Å². The topological polar surface area (TPSA) is 102 Å². The minimum atomic E-state index is -0.668. The van der Waals surface area contributed by atoms with Crippen LogP contribution in [-0.2, 0) is 9.59 Å². The highest BCUT2D eigenvalue weighted by molar-refractivity contribution is 5.81. The van der Waals surface area contributed by atoms with Gasteiger partial charge in [0.15, 0.2) is 6.10 Å². The third kappa shape index (κ3) is 4.77. The number of nitrogens with zero attached hydrogens (tertiary/aromatic N) is 5. The van der Waals surface area contributed by atoms with Crippen LogP contribution in [0.4, 0.5) is 0 Å². The second-order valence-corrected chi connectivity index (χ2v) is 5.34. The SMILES string of the molecule is C[C@@H](Oc1ccc(-n2cnnn2)cc1)C(=O)NCCC(=O)N(C)C. The molecule has 0 fully saturated rings. The first-order chi connectivity index (χ1) is 11.5. The zero-order valence-electron chi connectivity index (χ0n) is 13.8. The molecule has 24 heavy (non-hydrogen) atoms. The summed E-state index contributed by atoms with van der Waals surface area (Å²) in [7, 11) is 3.35. The molecule has 1 aromatic heterocycles. The molecule has 0 aliphatic rings. The average Bonchev–Trinajstić information content (AvgIpc) is 3.09. The standard InChI is InChI=1S/C15H20N6O3/c1-11(15(23)16-9-8-14(22)20(2)3)24-13-6-4-12(5-7-13)21-10-17-18-19-21/h4-7,10-11H,8-9H2,1-3H3,(H,16,23)/t11-/m1/s1. The third-order valence-electron chi connectivity index (χ3n) is 3.27. The maximum absolute atomic E-state index is 12.0. The van der Waals surface area contributed by atoms with Crippen molar-refractivity contribution in [1.29, 1.82) is 0 Å². The summed E-state index contributed by atoms with van der Waals surface area (Å²) < 4.78 is 7.10. The van der Waals surface area contributed by atoms with Crippen molar-refractivity contribution >= 4 is 11.8 Å². The van der Waals surface area contributed by atoms with Crippen LogP contribution >= 0.6 is 0 Å². The van der Waals surface area contributed by atoms with E-state index in [9.17, 15) is 9.59 Å². The number of tetrazole rings is 1. The van der Waals surface area contributed by atoms with Gasteiger partial charge in [-0.05, 0) is 41.6 Å². The smallest absolute Gasteiger partial charge is 0.260 e. The summed E-state index contributed by atoms with van der Waals surface area (Å²) in [4.78, 5) is 24.9. The lowest BCUT2D eigenvalue weighted by Gasteiger charge is -2.15. The third-order valence-corrected chi connectivity index (χ3v) is 3.27. The summed E-state index contributed by atoms with van der Waals surface area (Å²) in [5.74, 6) is 0.243. The van der Waals surface area contributed by atoms with E-state index in [1.54, 1.807) is 45.3 Å². The molecular formula is C15H20N6O3. The summed E-state index contributed by atoms with van der Waals surface area (Å²) in [5.41, 5.74) is 0.784. The lowest BCUT2D eigenvalue weighted by Crippen LogP contribution is -2.38. The molecule has 9 heteroatoms. The normalized spacial score (nSPS) is 11.6. The Morgan fingerprint density at radius 3 is 2.58 bits per heavy atom. The fourth-order valence-corrected chi connectivity index (χ4v) is 1.87. The molecule has 1 aromatic carbocycles. The molecule has 0 saturated carbocycles. The van der Waals surface area contributed by atoms with Crippen LogP contribution in [0.1, 0.15) is 13.3 Å². The van der Waals surface area contributed by atoms with E-state index in [4.69, 9.17) is 4.74 Å². The number of carbonyl (C=O) groups excluding carboxylic acids is 2. The van der Waals surface area contributed by atoms with Gasteiger partial charge in [0, 0.05) is 27.1 Å². The Kier molecular flexibility index (Phi) is 5.83. The van der Waals surface area contributed by atoms with Crippen molar-refractivity contribution in [2.75, 3.05) is 20.6 Å². The number of rotatable bonds is 7. The minimum absolute atomic E-state index is 0.0398. The van der Waals surface area contributed by atoms with Gasteiger partial charge in [-0.25, -0.2) is 4.68 Å². The molecule has 1 N–H and O–H groups in total. The quantitative estimate of drug-likeness (QED) is 0.767. The lowest BCUT2D eigenvalue weighted by atomic mass is 10.3.